The van der Waals surface area contributed by atoms with Gasteiger partial charge in [-0.2, -0.15) is 0 Å². The average molecular weight is 458 g/mol. The lowest BCUT2D eigenvalue weighted by atomic mass is 10.2. The molecule has 4 rings (SSSR count). The molecule has 0 saturated carbocycles. The van der Waals surface area contributed by atoms with E-state index < -0.39 is 0 Å². The zero-order valence-corrected chi connectivity index (χ0v) is 20.8. The topological polar surface area (TPSA) is 38.7 Å². The van der Waals surface area contributed by atoms with Gasteiger partial charge in [-0.1, -0.05) is 24.3 Å². The first-order valence-corrected chi connectivity index (χ1v) is 12.0. The van der Waals surface area contributed by atoms with Crippen LogP contribution in [0.15, 0.2) is 79.1 Å². The van der Waals surface area contributed by atoms with Crippen LogP contribution in [0.5, 0.6) is 11.5 Å². The van der Waals surface area contributed by atoms with E-state index >= 15 is 0 Å². The number of nitrogens with zero attached hydrogens (tertiary/aromatic N) is 2. The summed E-state index contributed by atoms with van der Waals surface area (Å²) in [6.07, 6.45) is 4.28. The Morgan fingerprint density at radius 3 is 2.24 bits per heavy atom. The van der Waals surface area contributed by atoms with Crippen LogP contribution in [0.1, 0.15) is 27.7 Å². The van der Waals surface area contributed by atoms with E-state index in [0.717, 1.165) is 35.1 Å². The number of nitrogens with one attached hydrogen (secondary N) is 1. The second-order valence-electron chi connectivity index (χ2n) is 9.11. The monoisotopic (exact) mass is 457 g/mol. The van der Waals surface area contributed by atoms with E-state index in [9.17, 15) is 0 Å². The van der Waals surface area contributed by atoms with E-state index in [1.54, 1.807) is 7.11 Å². The third-order valence-corrected chi connectivity index (χ3v) is 6.08. The number of benzene rings is 3. The van der Waals surface area contributed by atoms with Gasteiger partial charge in [0, 0.05) is 59.5 Å². The van der Waals surface area contributed by atoms with E-state index in [4.69, 9.17) is 9.47 Å². The highest BCUT2D eigenvalue weighted by atomic mass is 16.5. The van der Waals surface area contributed by atoms with E-state index in [0.29, 0.717) is 18.7 Å². The third kappa shape index (κ3) is 5.54. The van der Waals surface area contributed by atoms with Crippen molar-refractivity contribution in [2.45, 2.75) is 39.8 Å². The Morgan fingerprint density at radius 2 is 1.53 bits per heavy atom. The first kappa shape index (κ1) is 23.7. The minimum atomic E-state index is 0.485. The number of para-hydroxylation sites is 1. The molecule has 1 N–H and O–H groups in total. The summed E-state index contributed by atoms with van der Waals surface area (Å²) in [7, 11) is 1.69. The molecule has 4 aromatic rings. The lowest BCUT2D eigenvalue weighted by Crippen LogP contribution is -2.39. The van der Waals surface area contributed by atoms with Gasteiger partial charge >= 0.3 is 0 Å². The van der Waals surface area contributed by atoms with Crippen molar-refractivity contribution >= 4 is 22.1 Å². The Kier molecular flexibility index (Phi) is 7.43. The largest absolute Gasteiger partial charge is 0.493 e. The predicted octanol–water partition coefficient (Wildman–Crippen LogP) is 6.88. The molecule has 0 amide bonds. The Bertz CT molecular complexity index is 1210. The minimum absolute atomic E-state index is 0.485. The molecule has 5 heteroatoms. The number of ether oxygens (including phenoxy) is 2. The molecule has 1 aromatic heterocycles. The van der Waals surface area contributed by atoms with Crippen molar-refractivity contribution in [3.8, 4) is 17.2 Å². The first-order chi connectivity index (χ1) is 16.4. The van der Waals surface area contributed by atoms with Crippen LogP contribution in [-0.2, 0) is 0 Å². The van der Waals surface area contributed by atoms with Crippen molar-refractivity contribution in [3.63, 3.8) is 0 Å². The highest BCUT2D eigenvalue weighted by Crippen LogP contribution is 2.31. The summed E-state index contributed by atoms with van der Waals surface area (Å²) in [6.45, 7) is 10.4. The highest BCUT2D eigenvalue weighted by Gasteiger charge is 2.14. The number of rotatable bonds is 10. The maximum Gasteiger partial charge on any atom is 0.162 e. The number of hydrogen-bond acceptors (Lipinski definition) is 4. The van der Waals surface area contributed by atoms with Crippen LogP contribution in [0.4, 0.5) is 11.4 Å². The second-order valence-corrected chi connectivity index (χ2v) is 9.11. The SMILES string of the molecule is COc1cc(-n2cc3ccc(Nc4ccccc4)cc3c2)ccc1OCCN(C(C)C)C(C)C. The van der Waals surface area contributed by atoms with Crippen molar-refractivity contribution < 1.29 is 9.47 Å². The zero-order valence-electron chi connectivity index (χ0n) is 20.8. The third-order valence-electron chi connectivity index (χ3n) is 6.08. The Balaban J connectivity index is 1.49. The molecule has 3 aromatic carbocycles. The van der Waals surface area contributed by atoms with Crippen LogP contribution in [0.2, 0.25) is 0 Å². The van der Waals surface area contributed by atoms with Gasteiger partial charge in [0.25, 0.3) is 0 Å². The highest BCUT2D eigenvalue weighted by molar-refractivity contribution is 5.87. The molecule has 178 valence electrons. The maximum absolute atomic E-state index is 6.10. The van der Waals surface area contributed by atoms with Crippen LogP contribution in [-0.4, -0.2) is 41.8 Å². The Morgan fingerprint density at radius 1 is 0.794 bits per heavy atom. The lowest BCUT2D eigenvalue weighted by molar-refractivity contribution is 0.140. The molecule has 0 bridgehead atoms. The van der Waals surface area contributed by atoms with E-state index in [-0.39, 0.29) is 0 Å². The molecule has 5 nitrogen and oxygen atoms in total. The molecular formula is C29H35N3O2. The molecule has 0 unspecified atom stereocenters. The van der Waals surface area contributed by atoms with E-state index in [1.165, 1.54) is 10.8 Å². The molecule has 0 aliphatic heterocycles. The fraction of sp³-hybridized carbons (Fsp3) is 0.310. The van der Waals surface area contributed by atoms with Crippen molar-refractivity contribution in [1.82, 2.24) is 9.47 Å². The number of hydrogen-bond donors (Lipinski definition) is 1. The molecule has 0 fully saturated rings. The second kappa shape index (κ2) is 10.7. The fourth-order valence-electron chi connectivity index (χ4n) is 4.37. The van der Waals surface area contributed by atoms with E-state index in [2.05, 4.69) is 91.3 Å². The number of aromatic nitrogens is 1. The van der Waals surface area contributed by atoms with Gasteiger partial charge < -0.3 is 19.4 Å². The predicted molar refractivity (Wildman–Crippen MR) is 142 cm³/mol. The van der Waals surface area contributed by atoms with Gasteiger partial charge in [0.05, 0.1) is 7.11 Å². The van der Waals surface area contributed by atoms with Gasteiger partial charge in [-0.15, -0.1) is 0 Å². The summed E-state index contributed by atoms with van der Waals surface area (Å²) in [4.78, 5) is 2.42. The standard InChI is InChI=1S/C29H35N3O2/c1-21(2)32(22(3)4)15-16-34-28-14-13-27(18-29(28)33-5)31-19-23-11-12-26(17-24(23)20-31)30-25-9-7-6-8-10-25/h6-14,17-22,30H,15-16H2,1-5H3. The van der Waals surface area contributed by atoms with Crippen LogP contribution in [0.25, 0.3) is 16.5 Å². The van der Waals surface area contributed by atoms with Crippen LogP contribution in [0.3, 0.4) is 0 Å². The molecule has 0 spiro atoms. The summed E-state index contributed by atoms with van der Waals surface area (Å²) in [5.74, 6) is 1.51. The smallest absolute Gasteiger partial charge is 0.162 e. The molecule has 0 aliphatic carbocycles. The molecule has 0 aliphatic rings. The minimum Gasteiger partial charge on any atom is -0.493 e. The van der Waals surface area contributed by atoms with Gasteiger partial charge in [-0.3, -0.25) is 4.90 Å². The summed E-state index contributed by atoms with van der Waals surface area (Å²) in [5, 5.41) is 5.81. The van der Waals surface area contributed by atoms with Gasteiger partial charge in [-0.25, -0.2) is 0 Å². The number of methoxy groups -OCH3 is 1. The molecule has 0 saturated heterocycles. The molecule has 0 atom stereocenters. The van der Waals surface area contributed by atoms with Crippen molar-refractivity contribution in [2.24, 2.45) is 0 Å². The summed E-state index contributed by atoms with van der Waals surface area (Å²) >= 11 is 0. The first-order valence-electron chi connectivity index (χ1n) is 12.0. The summed E-state index contributed by atoms with van der Waals surface area (Å²) < 4.78 is 13.9. The number of anilines is 2. The van der Waals surface area contributed by atoms with Crippen LogP contribution < -0.4 is 14.8 Å². The van der Waals surface area contributed by atoms with Gasteiger partial charge in [0.15, 0.2) is 11.5 Å². The average Bonchev–Trinajstić information content (AvgIpc) is 3.25. The molecule has 1 heterocycles. The molecular weight excluding hydrogens is 422 g/mol. The Labute approximate surface area is 202 Å². The summed E-state index contributed by atoms with van der Waals surface area (Å²) in [5.41, 5.74) is 3.17. The zero-order chi connectivity index (χ0) is 24.1. The van der Waals surface area contributed by atoms with Crippen LogP contribution in [0, 0.1) is 0 Å². The Hall–Kier alpha value is -3.44. The lowest BCUT2D eigenvalue weighted by Gasteiger charge is -2.30. The number of fused-ring (bicyclic) bond motifs is 1. The van der Waals surface area contributed by atoms with Crippen molar-refractivity contribution in [2.75, 3.05) is 25.6 Å². The molecule has 34 heavy (non-hydrogen) atoms. The summed E-state index contributed by atoms with van der Waals surface area (Å²) in [6, 6.07) is 23.7. The van der Waals surface area contributed by atoms with Crippen LogP contribution >= 0.6 is 0 Å². The quantitative estimate of drug-likeness (QED) is 0.282. The normalized spacial score (nSPS) is 11.5. The van der Waals surface area contributed by atoms with Crippen molar-refractivity contribution in [3.05, 3.63) is 79.1 Å². The van der Waals surface area contributed by atoms with E-state index in [1.807, 2.05) is 30.3 Å². The van der Waals surface area contributed by atoms with Crippen molar-refractivity contribution in [1.29, 1.82) is 0 Å². The molecule has 0 radical (unpaired) electrons. The van der Waals surface area contributed by atoms with Gasteiger partial charge in [0.1, 0.15) is 6.61 Å². The van der Waals surface area contributed by atoms with Gasteiger partial charge in [0.2, 0.25) is 0 Å². The fourth-order valence-corrected chi connectivity index (χ4v) is 4.37. The van der Waals surface area contributed by atoms with Gasteiger partial charge in [-0.05, 0) is 69.5 Å². The maximum atomic E-state index is 6.10.